The van der Waals surface area contributed by atoms with Crippen LogP contribution in [0.15, 0.2) is 115 Å². The Balaban J connectivity index is 1.00. The average molecular weight is 545 g/mol. The molecule has 41 heavy (non-hydrogen) atoms. The lowest BCUT2D eigenvalue weighted by molar-refractivity contribution is -0.138. The van der Waals surface area contributed by atoms with Crippen molar-refractivity contribution in [3.8, 4) is 5.75 Å². The number of piperidine rings is 1. The molecule has 2 aliphatic heterocycles. The lowest BCUT2D eigenvalue weighted by Gasteiger charge is -2.38. The number of rotatable bonds is 10. The minimum Gasteiger partial charge on any atom is -0.489 e. The first-order chi connectivity index (χ1) is 20.2. The fourth-order valence-electron chi connectivity index (χ4n) is 6.57. The summed E-state index contributed by atoms with van der Waals surface area (Å²) in [6.45, 7) is 5.16. The predicted octanol–water partition coefficient (Wildman–Crippen LogP) is 7.30. The molecule has 0 aromatic heterocycles. The fourth-order valence-corrected chi connectivity index (χ4v) is 6.57. The van der Waals surface area contributed by atoms with Crippen molar-refractivity contribution >= 4 is 5.91 Å². The third kappa shape index (κ3) is 6.55. The normalized spacial score (nSPS) is 16.9. The molecule has 0 saturated carbocycles. The Kier molecular flexibility index (Phi) is 8.48. The molecule has 0 aliphatic carbocycles. The zero-order valence-corrected chi connectivity index (χ0v) is 23.8. The molecule has 2 aliphatic rings. The predicted molar refractivity (Wildman–Crippen MR) is 165 cm³/mol. The van der Waals surface area contributed by atoms with Crippen LogP contribution in [0.4, 0.5) is 0 Å². The number of hydrogen-bond acceptors (Lipinski definition) is 3. The molecule has 2 fully saturated rings. The minimum atomic E-state index is -0.173. The summed E-state index contributed by atoms with van der Waals surface area (Å²) in [7, 11) is 0. The minimum absolute atomic E-state index is 0.173. The van der Waals surface area contributed by atoms with Gasteiger partial charge in [0.05, 0.1) is 5.41 Å². The molecule has 6 rings (SSSR count). The Hall–Kier alpha value is -3.89. The first-order valence-electron chi connectivity index (χ1n) is 15.1. The third-order valence-electron chi connectivity index (χ3n) is 9.10. The van der Waals surface area contributed by atoms with Crippen LogP contribution in [0.1, 0.15) is 53.9 Å². The standard InChI is InChI=1S/C37H40N2O2/c40-36-37(23-27-39(36)28-30-16-18-34(19-17-30)41-29-31-10-4-1-5-11-31)21-25-38(26-22-37)24-20-35(32-12-6-2-7-13-32)33-14-8-3-9-15-33/h1-19,35H,20-29H2. The summed E-state index contributed by atoms with van der Waals surface area (Å²) in [4.78, 5) is 18.3. The van der Waals surface area contributed by atoms with E-state index in [0.717, 1.165) is 68.7 Å². The number of ether oxygens (including phenoxy) is 1. The number of carbonyl (C=O) groups is 1. The summed E-state index contributed by atoms with van der Waals surface area (Å²) in [5, 5.41) is 0. The summed E-state index contributed by atoms with van der Waals surface area (Å²) < 4.78 is 5.94. The van der Waals surface area contributed by atoms with E-state index in [9.17, 15) is 4.79 Å². The SMILES string of the molecule is O=C1N(Cc2ccc(OCc3ccccc3)cc2)CCC12CCN(CCC(c1ccccc1)c1ccccc1)CC2. The molecule has 4 aromatic rings. The van der Waals surface area contributed by atoms with Gasteiger partial charge in [0.25, 0.3) is 0 Å². The fraction of sp³-hybridized carbons (Fsp3) is 0.324. The summed E-state index contributed by atoms with van der Waals surface area (Å²) >= 11 is 0. The summed E-state index contributed by atoms with van der Waals surface area (Å²) in [5.41, 5.74) is 4.90. The van der Waals surface area contributed by atoms with Crippen LogP contribution >= 0.6 is 0 Å². The maximum absolute atomic E-state index is 13.6. The monoisotopic (exact) mass is 544 g/mol. The van der Waals surface area contributed by atoms with Crippen molar-refractivity contribution in [2.24, 2.45) is 5.41 Å². The van der Waals surface area contributed by atoms with E-state index < -0.39 is 0 Å². The molecule has 0 bridgehead atoms. The van der Waals surface area contributed by atoms with Gasteiger partial charge in [0.2, 0.25) is 5.91 Å². The number of carbonyl (C=O) groups excluding carboxylic acids is 1. The van der Waals surface area contributed by atoms with E-state index in [0.29, 0.717) is 25.0 Å². The molecule has 1 amide bonds. The molecule has 2 heterocycles. The van der Waals surface area contributed by atoms with Crippen LogP contribution in [0, 0.1) is 5.41 Å². The van der Waals surface area contributed by atoms with Crippen LogP contribution < -0.4 is 4.74 Å². The quantitative estimate of drug-likeness (QED) is 0.210. The second-order valence-corrected chi connectivity index (χ2v) is 11.7. The van der Waals surface area contributed by atoms with E-state index >= 15 is 0 Å². The molecule has 0 unspecified atom stereocenters. The van der Waals surface area contributed by atoms with E-state index in [1.54, 1.807) is 0 Å². The van der Waals surface area contributed by atoms with Crippen molar-refractivity contribution in [2.45, 2.75) is 44.8 Å². The van der Waals surface area contributed by atoms with Gasteiger partial charge in [-0.2, -0.15) is 0 Å². The highest BCUT2D eigenvalue weighted by Crippen LogP contribution is 2.42. The van der Waals surface area contributed by atoms with Gasteiger partial charge in [0.15, 0.2) is 0 Å². The smallest absolute Gasteiger partial charge is 0.229 e. The number of hydrogen-bond donors (Lipinski definition) is 0. The van der Waals surface area contributed by atoms with Gasteiger partial charge in [0.1, 0.15) is 12.4 Å². The maximum atomic E-state index is 13.6. The van der Waals surface area contributed by atoms with Crippen LogP contribution in [0.25, 0.3) is 0 Å². The molecule has 210 valence electrons. The van der Waals surface area contributed by atoms with Crippen LogP contribution in [0.5, 0.6) is 5.75 Å². The zero-order valence-electron chi connectivity index (χ0n) is 23.8. The number of amides is 1. The lowest BCUT2D eigenvalue weighted by atomic mass is 9.77. The summed E-state index contributed by atoms with van der Waals surface area (Å²) in [5.74, 6) is 1.61. The van der Waals surface area contributed by atoms with Gasteiger partial charge >= 0.3 is 0 Å². The van der Waals surface area contributed by atoms with Crippen molar-refractivity contribution in [3.05, 3.63) is 138 Å². The topological polar surface area (TPSA) is 32.8 Å². The number of benzene rings is 4. The van der Waals surface area contributed by atoms with Crippen LogP contribution in [-0.4, -0.2) is 41.9 Å². The van der Waals surface area contributed by atoms with Gasteiger partial charge < -0.3 is 14.5 Å². The largest absolute Gasteiger partial charge is 0.489 e. The summed E-state index contributed by atoms with van der Waals surface area (Å²) in [6, 6.07) is 40.2. The van der Waals surface area contributed by atoms with E-state index in [4.69, 9.17) is 4.74 Å². The molecule has 4 nitrogen and oxygen atoms in total. The summed E-state index contributed by atoms with van der Waals surface area (Å²) in [6.07, 6.45) is 4.01. The molecule has 0 atom stereocenters. The third-order valence-corrected chi connectivity index (χ3v) is 9.10. The van der Waals surface area contributed by atoms with Crippen LogP contribution in [0.3, 0.4) is 0 Å². The van der Waals surface area contributed by atoms with Crippen LogP contribution in [0.2, 0.25) is 0 Å². The highest BCUT2D eigenvalue weighted by Gasteiger charge is 2.47. The van der Waals surface area contributed by atoms with E-state index in [1.807, 2.05) is 30.3 Å². The van der Waals surface area contributed by atoms with Crippen molar-refractivity contribution in [1.82, 2.24) is 9.80 Å². The Morgan fingerprint density at radius 2 is 1.22 bits per heavy atom. The number of nitrogens with zero attached hydrogens (tertiary/aromatic N) is 2. The van der Waals surface area contributed by atoms with Crippen molar-refractivity contribution in [2.75, 3.05) is 26.2 Å². The Bertz CT molecular complexity index is 1340. The Morgan fingerprint density at radius 1 is 0.659 bits per heavy atom. The second kappa shape index (κ2) is 12.7. The van der Waals surface area contributed by atoms with Gasteiger partial charge in [-0.15, -0.1) is 0 Å². The molecule has 1 spiro atoms. The van der Waals surface area contributed by atoms with Gasteiger partial charge in [0, 0.05) is 19.0 Å². The molecule has 0 radical (unpaired) electrons. The van der Waals surface area contributed by atoms with Gasteiger partial charge in [-0.1, -0.05) is 103 Å². The van der Waals surface area contributed by atoms with Gasteiger partial charge in [-0.3, -0.25) is 4.79 Å². The van der Waals surface area contributed by atoms with Crippen LogP contribution in [-0.2, 0) is 17.9 Å². The molecule has 4 aromatic carbocycles. The zero-order chi connectivity index (χ0) is 27.9. The molecular weight excluding hydrogens is 504 g/mol. The number of likely N-dealkylation sites (tertiary alicyclic amines) is 2. The van der Waals surface area contributed by atoms with Crippen molar-refractivity contribution < 1.29 is 9.53 Å². The first kappa shape index (κ1) is 27.3. The lowest BCUT2D eigenvalue weighted by Crippen LogP contribution is -2.45. The van der Waals surface area contributed by atoms with Gasteiger partial charge in [-0.25, -0.2) is 0 Å². The molecular formula is C37H40N2O2. The van der Waals surface area contributed by atoms with Crippen molar-refractivity contribution in [3.63, 3.8) is 0 Å². The highest BCUT2D eigenvalue weighted by molar-refractivity contribution is 5.85. The molecule has 0 N–H and O–H groups in total. The highest BCUT2D eigenvalue weighted by atomic mass is 16.5. The van der Waals surface area contributed by atoms with E-state index in [2.05, 4.69) is 94.7 Å². The Labute approximate surface area is 244 Å². The van der Waals surface area contributed by atoms with E-state index in [1.165, 1.54) is 11.1 Å². The molecule has 2 saturated heterocycles. The van der Waals surface area contributed by atoms with Crippen molar-refractivity contribution in [1.29, 1.82) is 0 Å². The Morgan fingerprint density at radius 3 is 1.83 bits per heavy atom. The first-order valence-corrected chi connectivity index (χ1v) is 15.1. The second-order valence-electron chi connectivity index (χ2n) is 11.7. The van der Waals surface area contributed by atoms with E-state index in [-0.39, 0.29) is 5.41 Å². The maximum Gasteiger partial charge on any atom is 0.229 e. The average Bonchev–Trinajstić information content (AvgIpc) is 3.33. The van der Waals surface area contributed by atoms with Gasteiger partial charge in [-0.05, 0) is 79.7 Å². The molecule has 4 heteroatoms.